The van der Waals surface area contributed by atoms with Crippen LogP contribution in [0.15, 0.2) is 53.4 Å². The van der Waals surface area contributed by atoms with Crippen molar-refractivity contribution in [1.29, 1.82) is 0 Å². The topological polar surface area (TPSA) is 121 Å². The lowest BCUT2D eigenvalue weighted by Gasteiger charge is -2.16. The summed E-state index contributed by atoms with van der Waals surface area (Å²) in [4.78, 5) is 24.5. The van der Waals surface area contributed by atoms with Gasteiger partial charge in [0.25, 0.3) is 5.91 Å². The van der Waals surface area contributed by atoms with Crippen LogP contribution < -0.4 is 5.32 Å². The van der Waals surface area contributed by atoms with Gasteiger partial charge in [-0.2, -0.15) is 9.40 Å². The molecule has 0 bridgehead atoms. The molecule has 0 aliphatic carbocycles. The van der Waals surface area contributed by atoms with Gasteiger partial charge in [0, 0.05) is 24.2 Å². The summed E-state index contributed by atoms with van der Waals surface area (Å²) in [7, 11) is -3.59. The van der Waals surface area contributed by atoms with Crippen LogP contribution in [0, 0.1) is 0 Å². The van der Waals surface area contributed by atoms with Crippen LogP contribution >= 0.6 is 0 Å². The van der Waals surface area contributed by atoms with Gasteiger partial charge in [0.2, 0.25) is 10.0 Å². The quantitative estimate of drug-likeness (QED) is 0.580. The van der Waals surface area contributed by atoms with Gasteiger partial charge in [-0.05, 0) is 37.1 Å². The Kier molecular flexibility index (Phi) is 5.51. The van der Waals surface area contributed by atoms with Crippen molar-refractivity contribution in [2.24, 2.45) is 0 Å². The van der Waals surface area contributed by atoms with Gasteiger partial charge >= 0.3 is 5.97 Å². The second-order valence-corrected chi connectivity index (χ2v) is 8.82. The Morgan fingerprint density at radius 1 is 1.10 bits per heavy atom. The van der Waals surface area contributed by atoms with Crippen LogP contribution in [-0.2, 0) is 19.6 Å². The van der Waals surface area contributed by atoms with E-state index in [1.54, 1.807) is 36.4 Å². The lowest BCUT2D eigenvalue weighted by atomic mass is 10.2. The molecule has 0 unspecified atom stereocenters. The van der Waals surface area contributed by atoms with E-state index in [4.69, 9.17) is 4.74 Å². The van der Waals surface area contributed by atoms with Gasteiger partial charge in [-0.1, -0.05) is 24.3 Å². The fourth-order valence-electron chi connectivity index (χ4n) is 3.33. The third-order valence-electron chi connectivity index (χ3n) is 4.82. The minimum Gasteiger partial charge on any atom is -0.451 e. The van der Waals surface area contributed by atoms with Crippen LogP contribution in [0.25, 0.3) is 10.9 Å². The van der Waals surface area contributed by atoms with E-state index in [0.29, 0.717) is 29.7 Å². The molecule has 0 spiro atoms. The van der Waals surface area contributed by atoms with Crippen LogP contribution in [0.2, 0.25) is 0 Å². The van der Waals surface area contributed by atoms with Crippen molar-refractivity contribution in [2.45, 2.75) is 17.7 Å². The maximum absolute atomic E-state index is 12.7. The molecule has 1 saturated heterocycles. The fourth-order valence-corrected chi connectivity index (χ4v) is 4.89. The predicted molar refractivity (Wildman–Crippen MR) is 109 cm³/mol. The predicted octanol–water partition coefficient (Wildman–Crippen LogP) is 2.14. The summed E-state index contributed by atoms with van der Waals surface area (Å²) >= 11 is 0. The van der Waals surface area contributed by atoms with E-state index >= 15 is 0 Å². The van der Waals surface area contributed by atoms with Gasteiger partial charge in [0.05, 0.1) is 10.4 Å². The molecule has 1 aliphatic heterocycles. The molecule has 2 N–H and O–H groups in total. The van der Waals surface area contributed by atoms with Crippen molar-refractivity contribution in [3.8, 4) is 0 Å². The van der Waals surface area contributed by atoms with E-state index in [-0.39, 0.29) is 10.6 Å². The average molecular weight is 428 g/mol. The number of hydrogen-bond acceptors (Lipinski definition) is 6. The Bertz CT molecular complexity index is 1200. The summed E-state index contributed by atoms with van der Waals surface area (Å²) in [6.07, 6.45) is 1.68. The summed E-state index contributed by atoms with van der Waals surface area (Å²) in [5.74, 6) is -1.31. The van der Waals surface area contributed by atoms with Crippen molar-refractivity contribution in [3.05, 3.63) is 54.2 Å². The highest BCUT2D eigenvalue weighted by Gasteiger charge is 2.27. The lowest BCUT2D eigenvalue weighted by molar-refractivity contribution is -0.119. The third-order valence-corrected chi connectivity index (χ3v) is 6.71. The van der Waals surface area contributed by atoms with Crippen molar-refractivity contribution >= 4 is 38.5 Å². The van der Waals surface area contributed by atoms with Crippen LogP contribution in [0.3, 0.4) is 0 Å². The maximum Gasteiger partial charge on any atom is 0.359 e. The Morgan fingerprint density at radius 2 is 1.87 bits per heavy atom. The van der Waals surface area contributed by atoms with Crippen molar-refractivity contribution in [2.75, 3.05) is 25.0 Å². The molecule has 1 fully saturated rings. The van der Waals surface area contributed by atoms with Gasteiger partial charge in [-0.25, -0.2) is 13.2 Å². The molecule has 2 heterocycles. The Morgan fingerprint density at radius 3 is 2.67 bits per heavy atom. The number of rotatable bonds is 6. The number of nitrogens with one attached hydrogen (secondary N) is 2. The first kappa shape index (κ1) is 20.0. The minimum absolute atomic E-state index is 0.0945. The molecule has 3 aromatic rings. The van der Waals surface area contributed by atoms with Gasteiger partial charge < -0.3 is 10.1 Å². The van der Waals surface area contributed by atoms with E-state index in [1.165, 1.54) is 16.4 Å². The number of nitrogens with zero attached hydrogens (tertiary/aromatic N) is 2. The molecule has 0 saturated carbocycles. The largest absolute Gasteiger partial charge is 0.451 e. The number of anilines is 1. The van der Waals surface area contributed by atoms with Crippen molar-refractivity contribution < 1.29 is 22.7 Å². The van der Waals surface area contributed by atoms with Gasteiger partial charge in [-0.15, -0.1) is 0 Å². The molecule has 1 amide bonds. The number of fused-ring (bicyclic) bond motifs is 1. The van der Waals surface area contributed by atoms with Gasteiger partial charge in [0.15, 0.2) is 12.3 Å². The minimum atomic E-state index is -3.59. The number of para-hydroxylation sites is 1. The molecule has 1 aliphatic rings. The zero-order chi connectivity index (χ0) is 21.1. The molecule has 1 aromatic heterocycles. The highest BCUT2D eigenvalue weighted by atomic mass is 32.2. The van der Waals surface area contributed by atoms with Crippen LogP contribution in [0.4, 0.5) is 5.69 Å². The first-order chi connectivity index (χ1) is 14.4. The molecule has 4 rings (SSSR count). The van der Waals surface area contributed by atoms with E-state index in [0.717, 1.165) is 12.8 Å². The lowest BCUT2D eigenvalue weighted by Crippen LogP contribution is -2.28. The number of carbonyl (C=O) groups is 2. The molecule has 30 heavy (non-hydrogen) atoms. The second-order valence-electron chi connectivity index (χ2n) is 6.88. The summed E-state index contributed by atoms with van der Waals surface area (Å²) in [6.45, 7) is 0.469. The number of amides is 1. The normalized spacial score (nSPS) is 14.7. The molecular formula is C20H20N4O5S. The molecule has 2 aromatic carbocycles. The highest BCUT2D eigenvalue weighted by Crippen LogP contribution is 2.23. The highest BCUT2D eigenvalue weighted by molar-refractivity contribution is 7.89. The zero-order valence-electron chi connectivity index (χ0n) is 16.0. The fraction of sp³-hybridized carbons (Fsp3) is 0.250. The number of aromatic nitrogens is 2. The Labute approximate surface area is 173 Å². The first-order valence-corrected chi connectivity index (χ1v) is 10.9. The number of carbonyl (C=O) groups excluding carboxylic acids is 2. The number of aromatic amines is 1. The van der Waals surface area contributed by atoms with E-state index in [9.17, 15) is 18.0 Å². The maximum atomic E-state index is 12.7. The monoisotopic (exact) mass is 428 g/mol. The first-order valence-electron chi connectivity index (χ1n) is 9.45. The molecular weight excluding hydrogens is 408 g/mol. The number of sulfonamides is 1. The molecule has 10 heteroatoms. The summed E-state index contributed by atoms with van der Waals surface area (Å²) in [5.41, 5.74) is 1.09. The summed E-state index contributed by atoms with van der Waals surface area (Å²) in [6, 6.07) is 13.1. The standard InChI is InChI=1S/C20H20N4O5S/c25-18(13-29-20(26)19-16-8-1-2-9-17(16)22-23-19)21-14-6-5-7-15(12-14)30(27,28)24-10-3-4-11-24/h1-2,5-9,12H,3-4,10-11,13H2,(H,21,25)(H,22,23). The number of hydrogen-bond donors (Lipinski definition) is 2. The number of ether oxygens (including phenoxy) is 1. The third kappa shape index (κ3) is 4.05. The Hall–Kier alpha value is -3.24. The smallest absolute Gasteiger partial charge is 0.359 e. The number of esters is 1. The van der Waals surface area contributed by atoms with Crippen LogP contribution in [-0.4, -0.2) is 54.5 Å². The van der Waals surface area contributed by atoms with Crippen LogP contribution in [0.5, 0.6) is 0 Å². The molecule has 9 nitrogen and oxygen atoms in total. The van der Waals surface area contributed by atoms with E-state index in [2.05, 4.69) is 15.5 Å². The molecule has 0 atom stereocenters. The SMILES string of the molecule is O=C(COC(=O)c1n[nH]c2ccccc12)Nc1cccc(S(=O)(=O)N2CCCC2)c1. The Balaban J connectivity index is 1.39. The van der Waals surface area contributed by atoms with Crippen molar-refractivity contribution in [1.82, 2.24) is 14.5 Å². The summed E-state index contributed by atoms with van der Waals surface area (Å²) in [5, 5.41) is 9.81. The molecule has 156 valence electrons. The number of H-pyrrole nitrogens is 1. The van der Waals surface area contributed by atoms with Crippen LogP contribution in [0.1, 0.15) is 23.3 Å². The van der Waals surface area contributed by atoms with Crippen molar-refractivity contribution in [3.63, 3.8) is 0 Å². The summed E-state index contributed by atoms with van der Waals surface area (Å²) < 4.78 is 31.8. The van der Waals surface area contributed by atoms with E-state index in [1.807, 2.05) is 0 Å². The second kappa shape index (κ2) is 8.25. The average Bonchev–Trinajstić information content (AvgIpc) is 3.43. The van der Waals surface area contributed by atoms with Gasteiger partial charge in [-0.3, -0.25) is 9.89 Å². The zero-order valence-corrected chi connectivity index (χ0v) is 16.8. The molecule has 0 radical (unpaired) electrons. The van der Waals surface area contributed by atoms with Gasteiger partial charge in [0.1, 0.15) is 0 Å². The number of benzene rings is 2. The van der Waals surface area contributed by atoms with E-state index < -0.39 is 28.5 Å².